The number of unbranched alkanes of at least 4 members (excludes halogenated alkanes) is 8. The Labute approximate surface area is 121 Å². The van der Waals surface area contributed by atoms with Crippen LogP contribution < -0.4 is 5.73 Å². The monoisotopic (exact) mass is 329 g/mol. The van der Waals surface area contributed by atoms with E-state index in [1.165, 1.54) is 25.7 Å². The topological polar surface area (TPSA) is 121 Å². The Bertz CT molecular complexity index is 332. The van der Waals surface area contributed by atoms with Crippen molar-refractivity contribution in [1.29, 1.82) is 0 Å². The molecule has 0 aliphatic carbocycles. The molecule has 0 aliphatic heterocycles. The summed E-state index contributed by atoms with van der Waals surface area (Å²) in [6, 6.07) is 0. The summed E-state index contributed by atoms with van der Waals surface area (Å²) in [7, 11) is -8.05. The molecule has 5 N–H and O–H groups in total. The normalized spacial score (nSPS) is 15.2. The molecule has 0 rings (SSSR count). The first-order valence-electron chi connectivity index (χ1n) is 7.32. The third kappa shape index (κ3) is 14.7. The molecule has 0 spiro atoms. The zero-order chi connectivity index (χ0) is 15.5. The molecule has 0 radical (unpaired) electrons. The number of nitrogens with two attached hydrogens (primary N) is 1. The van der Waals surface area contributed by atoms with Crippen LogP contribution in [0.5, 0.6) is 0 Å². The Morgan fingerprint density at radius 3 is 1.50 bits per heavy atom. The lowest BCUT2D eigenvalue weighted by Gasteiger charge is -2.12. The fourth-order valence-corrected chi connectivity index (χ4v) is 5.69. The summed E-state index contributed by atoms with van der Waals surface area (Å²) in [5.74, 6) is -0.888. The molecule has 0 fully saturated rings. The Morgan fingerprint density at radius 1 is 0.700 bits per heavy atom. The zero-order valence-electron chi connectivity index (χ0n) is 12.1. The van der Waals surface area contributed by atoms with Crippen molar-refractivity contribution in [3.63, 3.8) is 0 Å². The van der Waals surface area contributed by atoms with Crippen LogP contribution in [0.2, 0.25) is 0 Å². The fourth-order valence-electron chi connectivity index (χ4n) is 2.10. The van der Waals surface area contributed by atoms with Crippen molar-refractivity contribution in [2.24, 2.45) is 5.73 Å². The van der Waals surface area contributed by atoms with Gasteiger partial charge in [0.15, 0.2) is 0 Å². The summed E-state index contributed by atoms with van der Waals surface area (Å²) in [5, 5.41) is 0. The minimum atomic E-state index is -4.39. The zero-order valence-corrected chi connectivity index (χ0v) is 13.9. The van der Waals surface area contributed by atoms with Crippen molar-refractivity contribution < 1.29 is 23.8 Å². The Balaban J connectivity index is 3.44. The number of hydrogen-bond acceptors (Lipinski definition) is 3. The molecule has 1 atom stereocenters. The molecule has 0 amide bonds. The Hall–Kier alpha value is 0.300. The van der Waals surface area contributed by atoms with Crippen LogP contribution >= 0.6 is 15.0 Å². The summed E-state index contributed by atoms with van der Waals surface area (Å²) in [5.41, 5.74) is 5.41. The van der Waals surface area contributed by atoms with E-state index in [1.807, 2.05) is 0 Å². The van der Waals surface area contributed by atoms with Crippen molar-refractivity contribution in [3.8, 4) is 0 Å². The highest BCUT2D eigenvalue weighted by atomic mass is 31.2. The van der Waals surface area contributed by atoms with Crippen LogP contribution in [0.25, 0.3) is 0 Å². The second kappa shape index (κ2) is 10.9. The van der Waals surface area contributed by atoms with E-state index in [1.54, 1.807) is 0 Å². The van der Waals surface area contributed by atoms with Gasteiger partial charge in [-0.25, -0.2) is 0 Å². The molecular formula is C12H29NO5P2. The Morgan fingerprint density at radius 2 is 1.10 bits per heavy atom. The molecule has 122 valence electrons. The second-order valence-electron chi connectivity index (χ2n) is 5.35. The minimum absolute atomic E-state index is 0.00854. The number of rotatable bonds is 13. The van der Waals surface area contributed by atoms with Crippen molar-refractivity contribution in [2.45, 2.75) is 57.8 Å². The lowest BCUT2D eigenvalue weighted by Crippen LogP contribution is -1.97. The van der Waals surface area contributed by atoms with Crippen molar-refractivity contribution in [3.05, 3.63) is 0 Å². The van der Waals surface area contributed by atoms with E-state index < -0.39 is 20.9 Å². The molecule has 0 saturated heterocycles. The summed E-state index contributed by atoms with van der Waals surface area (Å²) in [4.78, 5) is 26.8. The predicted octanol–water partition coefficient (Wildman–Crippen LogP) is 2.86. The van der Waals surface area contributed by atoms with E-state index in [2.05, 4.69) is 0 Å². The molecule has 0 aromatic carbocycles. The first-order valence-corrected chi connectivity index (χ1v) is 11.1. The van der Waals surface area contributed by atoms with Gasteiger partial charge in [-0.05, 0) is 19.4 Å². The third-order valence-corrected chi connectivity index (χ3v) is 7.37. The minimum Gasteiger partial charge on any atom is -0.344 e. The molecule has 0 saturated carbocycles. The molecule has 1 unspecified atom stereocenters. The largest absolute Gasteiger partial charge is 0.344 e. The fraction of sp³-hybridized carbons (Fsp3) is 1.00. The van der Waals surface area contributed by atoms with E-state index in [0.29, 0.717) is 6.42 Å². The average molecular weight is 329 g/mol. The predicted molar refractivity (Wildman–Crippen MR) is 82.2 cm³/mol. The second-order valence-corrected chi connectivity index (χ2v) is 9.95. The van der Waals surface area contributed by atoms with Gasteiger partial charge in [0, 0.05) is 6.16 Å². The highest BCUT2D eigenvalue weighted by Crippen LogP contribution is 2.54. The number of hydrogen-bond donors (Lipinski definition) is 4. The highest BCUT2D eigenvalue weighted by molar-refractivity contribution is 7.72. The summed E-state index contributed by atoms with van der Waals surface area (Å²) < 4.78 is 22.2. The van der Waals surface area contributed by atoms with Crippen LogP contribution in [-0.4, -0.2) is 33.3 Å². The van der Waals surface area contributed by atoms with Crippen LogP contribution in [0.15, 0.2) is 0 Å². The lowest BCUT2D eigenvalue weighted by molar-refractivity contribution is 0.375. The maximum Gasteiger partial charge on any atom is 0.335 e. The van der Waals surface area contributed by atoms with Crippen LogP contribution in [-0.2, 0) is 9.13 Å². The summed E-state index contributed by atoms with van der Waals surface area (Å²) >= 11 is 0. The van der Waals surface area contributed by atoms with Gasteiger partial charge in [-0.2, -0.15) is 0 Å². The molecule has 0 aromatic heterocycles. The van der Waals surface area contributed by atoms with Crippen LogP contribution in [0.4, 0.5) is 0 Å². The lowest BCUT2D eigenvalue weighted by atomic mass is 10.1. The molecule has 0 heterocycles. The van der Waals surface area contributed by atoms with Gasteiger partial charge in [-0.15, -0.1) is 0 Å². The quantitative estimate of drug-likeness (QED) is 0.304. The smallest absolute Gasteiger partial charge is 0.335 e. The molecule has 0 aliphatic rings. The SMILES string of the molecule is NCCCCCCCCCCCP(=O)(O)CP(=O)(O)O. The molecule has 8 heteroatoms. The van der Waals surface area contributed by atoms with E-state index in [4.69, 9.17) is 15.5 Å². The van der Waals surface area contributed by atoms with E-state index in [9.17, 15) is 14.0 Å². The average Bonchev–Trinajstić information content (AvgIpc) is 2.28. The van der Waals surface area contributed by atoms with Gasteiger partial charge in [0.05, 0.1) is 0 Å². The van der Waals surface area contributed by atoms with E-state index in [-0.39, 0.29) is 6.16 Å². The van der Waals surface area contributed by atoms with Crippen LogP contribution in [0.1, 0.15) is 57.8 Å². The van der Waals surface area contributed by atoms with Crippen LogP contribution in [0, 0.1) is 0 Å². The van der Waals surface area contributed by atoms with Gasteiger partial charge in [0.2, 0.25) is 7.37 Å². The maximum absolute atomic E-state index is 11.5. The van der Waals surface area contributed by atoms with Gasteiger partial charge >= 0.3 is 7.60 Å². The standard InChI is InChI=1S/C12H29NO5P2/c13-10-8-6-4-2-1-3-5-7-9-11-19(14,15)12-20(16,17)18/h1-13H2,(H,14,15)(H2,16,17,18). The first kappa shape index (κ1) is 20.3. The van der Waals surface area contributed by atoms with Gasteiger partial charge in [0.1, 0.15) is 5.90 Å². The van der Waals surface area contributed by atoms with E-state index in [0.717, 1.165) is 32.2 Å². The summed E-state index contributed by atoms with van der Waals surface area (Å²) in [6.07, 6.45) is 9.39. The molecule has 6 nitrogen and oxygen atoms in total. The first-order chi connectivity index (χ1) is 9.27. The van der Waals surface area contributed by atoms with Crippen molar-refractivity contribution in [1.82, 2.24) is 0 Å². The van der Waals surface area contributed by atoms with Crippen molar-refractivity contribution in [2.75, 3.05) is 18.6 Å². The molecule has 0 bridgehead atoms. The van der Waals surface area contributed by atoms with Gasteiger partial charge in [-0.3, -0.25) is 9.13 Å². The molecule has 20 heavy (non-hydrogen) atoms. The maximum atomic E-state index is 11.5. The van der Waals surface area contributed by atoms with Gasteiger partial charge < -0.3 is 20.4 Å². The summed E-state index contributed by atoms with van der Waals surface area (Å²) in [6.45, 7) is 0.760. The Kier molecular flexibility index (Phi) is 11.1. The third-order valence-electron chi connectivity index (χ3n) is 3.12. The van der Waals surface area contributed by atoms with Crippen molar-refractivity contribution >= 4 is 15.0 Å². The van der Waals surface area contributed by atoms with E-state index >= 15 is 0 Å². The van der Waals surface area contributed by atoms with Gasteiger partial charge in [0.25, 0.3) is 0 Å². The van der Waals surface area contributed by atoms with Crippen LogP contribution in [0.3, 0.4) is 0 Å². The van der Waals surface area contributed by atoms with Gasteiger partial charge in [-0.1, -0.05) is 44.9 Å². The highest BCUT2D eigenvalue weighted by Gasteiger charge is 2.28. The molecular weight excluding hydrogens is 300 g/mol. The molecule has 0 aromatic rings.